The van der Waals surface area contributed by atoms with Crippen LogP contribution in [0, 0.1) is 0 Å². The average Bonchev–Trinajstić information content (AvgIpc) is 1.33. The Balaban J connectivity index is 2.11. The molecule has 1 aliphatic rings. The molecule has 1 fully saturated rings. The third-order valence-corrected chi connectivity index (χ3v) is 2.62. The third-order valence-electron chi connectivity index (χ3n) is 0.428. The first-order valence-electron chi connectivity index (χ1n) is 1.38. The van der Waals surface area contributed by atoms with Gasteiger partial charge in [0.1, 0.15) is 0 Å². The molecule has 0 unspecified atom stereocenters. The second-order valence-electron chi connectivity index (χ2n) is 0.821. The van der Waals surface area contributed by atoms with Crippen molar-refractivity contribution in [2.45, 2.75) is 0 Å². The van der Waals surface area contributed by atoms with E-state index in [4.69, 9.17) is 0 Å². The van der Waals surface area contributed by atoms with E-state index in [-0.39, 0.29) is 0 Å². The van der Waals surface area contributed by atoms with Crippen LogP contribution in [-0.2, 0) is 0 Å². The van der Waals surface area contributed by atoms with Crippen molar-refractivity contribution in [3.05, 3.63) is 0 Å². The number of rotatable bonds is 0. The van der Waals surface area contributed by atoms with Crippen molar-refractivity contribution in [3.63, 3.8) is 0 Å². The summed E-state index contributed by atoms with van der Waals surface area (Å²) in [4.78, 5) is 0. The summed E-state index contributed by atoms with van der Waals surface area (Å²) in [5, 5.41) is 0. The SMILES string of the molecule is FB1SB(F)S1. The van der Waals surface area contributed by atoms with Crippen molar-refractivity contribution in [1.82, 2.24) is 0 Å². The Kier molecular flexibility index (Phi) is 1.34. The van der Waals surface area contributed by atoms with Gasteiger partial charge in [-0.3, -0.25) is 0 Å². The summed E-state index contributed by atoms with van der Waals surface area (Å²) in [5.41, 5.74) is -2.00. The minimum absolute atomic E-state index is 0.713. The molecule has 0 atom stereocenters. The molecular weight excluding hydrogens is 124 g/mol. The Morgan fingerprint density at radius 2 is 1.33 bits per heavy atom. The molecule has 0 aliphatic carbocycles. The van der Waals surface area contributed by atoms with Crippen LogP contribution in [0.25, 0.3) is 0 Å². The zero-order chi connectivity index (χ0) is 4.57. The molecule has 0 aromatic carbocycles. The van der Waals surface area contributed by atoms with E-state index in [9.17, 15) is 8.63 Å². The molecule has 0 bridgehead atoms. The van der Waals surface area contributed by atoms with Crippen LogP contribution >= 0.6 is 22.9 Å². The van der Waals surface area contributed by atoms with Crippen LogP contribution in [0.2, 0.25) is 0 Å². The molecule has 0 saturated carbocycles. The summed E-state index contributed by atoms with van der Waals surface area (Å²) in [5.74, 6) is 0. The standard InChI is InChI=1S/B2F2S2/c3-1-5-2(4)6-1. The predicted octanol–water partition coefficient (Wildman–Crippen LogP) is 1.38. The van der Waals surface area contributed by atoms with Gasteiger partial charge in [-0.1, -0.05) is 0 Å². The van der Waals surface area contributed by atoms with Crippen LogP contribution in [0.3, 0.4) is 0 Å². The molecule has 0 aromatic rings. The van der Waals surface area contributed by atoms with Crippen LogP contribution in [0.4, 0.5) is 8.63 Å². The van der Waals surface area contributed by atoms with Gasteiger partial charge in [-0.15, -0.1) is 0 Å². The first kappa shape index (κ1) is 4.84. The van der Waals surface area contributed by atoms with Gasteiger partial charge in [-0.25, -0.2) is 0 Å². The highest BCUT2D eigenvalue weighted by molar-refractivity contribution is 8.91. The molecule has 1 rings (SSSR count). The highest BCUT2D eigenvalue weighted by Gasteiger charge is 2.40. The molecule has 6 heteroatoms. The lowest BCUT2D eigenvalue weighted by Crippen LogP contribution is -2.18. The van der Waals surface area contributed by atoms with E-state index in [1.165, 1.54) is 0 Å². The summed E-state index contributed by atoms with van der Waals surface area (Å²) in [6.07, 6.45) is 0. The summed E-state index contributed by atoms with van der Waals surface area (Å²) in [6, 6.07) is 0. The number of hydrogen-bond acceptors (Lipinski definition) is 2. The minimum atomic E-state index is -1.00. The Morgan fingerprint density at radius 1 is 1.00 bits per heavy atom. The molecule has 0 aromatic heterocycles. The molecular formula is B2F2S2. The molecule has 0 N–H and O–H groups in total. The summed E-state index contributed by atoms with van der Waals surface area (Å²) in [7, 11) is 0. The van der Waals surface area contributed by atoms with Gasteiger partial charge in [0, 0.05) is 0 Å². The van der Waals surface area contributed by atoms with Crippen molar-refractivity contribution in [2.75, 3.05) is 0 Å². The van der Waals surface area contributed by atoms with Crippen LogP contribution in [0.1, 0.15) is 0 Å². The van der Waals surface area contributed by atoms with Crippen LogP contribution in [-0.4, -0.2) is 11.1 Å². The maximum absolute atomic E-state index is 11.5. The van der Waals surface area contributed by atoms with Gasteiger partial charge in [-0.05, 0) is 0 Å². The van der Waals surface area contributed by atoms with Crippen molar-refractivity contribution >= 4 is 34.0 Å². The lowest BCUT2D eigenvalue weighted by Gasteiger charge is -2.12. The molecule has 0 spiro atoms. The van der Waals surface area contributed by atoms with Crippen molar-refractivity contribution in [2.24, 2.45) is 0 Å². The lowest BCUT2D eigenvalue weighted by atomic mass is 10.5. The molecule has 6 heavy (non-hydrogen) atoms. The van der Waals surface area contributed by atoms with Crippen LogP contribution in [0.15, 0.2) is 0 Å². The van der Waals surface area contributed by atoms with E-state index in [0.717, 1.165) is 0 Å². The Morgan fingerprint density at radius 3 is 1.33 bits per heavy atom. The molecule has 1 saturated heterocycles. The molecule has 0 amide bonds. The predicted molar refractivity (Wildman–Crippen MR) is 28.9 cm³/mol. The van der Waals surface area contributed by atoms with E-state index in [1.807, 2.05) is 0 Å². The normalized spacial score (nSPS) is 21.0. The first-order chi connectivity index (χ1) is 2.79. The molecule has 1 heterocycles. The van der Waals surface area contributed by atoms with E-state index in [0.29, 0.717) is 22.9 Å². The Labute approximate surface area is 43.3 Å². The third kappa shape index (κ3) is 0.846. The van der Waals surface area contributed by atoms with Gasteiger partial charge in [0.15, 0.2) is 0 Å². The van der Waals surface area contributed by atoms with Gasteiger partial charge in [-0.2, -0.15) is 22.9 Å². The van der Waals surface area contributed by atoms with Gasteiger partial charge in [0.05, 0.1) is 0 Å². The van der Waals surface area contributed by atoms with Gasteiger partial charge >= 0.3 is 11.1 Å². The quantitative estimate of drug-likeness (QED) is 0.447. The minimum Gasteiger partial charge on any atom is -0.305 e. The maximum atomic E-state index is 11.5. The summed E-state index contributed by atoms with van der Waals surface area (Å²) < 4.78 is 22.9. The Hall–Kier alpha value is 0.690. The topological polar surface area (TPSA) is 0 Å². The molecule has 1 aliphatic heterocycles. The van der Waals surface area contributed by atoms with Crippen LogP contribution in [0.5, 0.6) is 0 Å². The van der Waals surface area contributed by atoms with E-state index >= 15 is 0 Å². The summed E-state index contributed by atoms with van der Waals surface area (Å²) in [6.45, 7) is 0. The molecule has 0 radical (unpaired) electrons. The Bertz CT molecular complexity index is 45.5. The fraction of sp³-hybridized carbons (Fsp3) is 0. The van der Waals surface area contributed by atoms with E-state index < -0.39 is 11.1 Å². The number of hydrogen-bond donors (Lipinski definition) is 0. The molecule has 0 nitrogen and oxygen atoms in total. The van der Waals surface area contributed by atoms with E-state index in [2.05, 4.69) is 0 Å². The first-order valence-corrected chi connectivity index (χ1v) is 3.26. The van der Waals surface area contributed by atoms with Gasteiger partial charge < -0.3 is 8.63 Å². The average molecular weight is 124 g/mol. The monoisotopic (exact) mass is 124 g/mol. The summed E-state index contributed by atoms with van der Waals surface area (Å²) >= 11 is 1.43. The zero-order valence-corrected chi connectivity index (χ0v) is 4.36. The lowest BCUT2D eigenvalue weighted by molar-refractivity contribution is 0.875. The highest BCUT2D eigenvalue weighted by Crippen LogP contribution is 2.41. The number of halogens is 2. The van der Waals surface area contributed by atoms with Crippen molar-refractivity contribution < 1.29 is 8.63 Å². The molecule has 32 valence electrons. The van der Waals surface area contributed by atoms with Crippen LogP contribution < -0.4 is 0 Å². The van der Waals surface area contributed by atoms with Crippen molar-refractivity contribution in [3.8, 4) is 0 Å². The maximum Gasteiger partial charge on any atom is 0.463 e. The largest absolute Gasteiger partial charge is 0.463 e. The van der Waals surface area contributed by atoms with E-state index in [1.54, 1.807) is 0 Å². The smallest absolute Gasteiger partial charge is 0.305 e. The van der Waals surface area contributed by atoms with Gasteiger partial charge in [0.2, 0.25) is 0 Å². The highest BCUT2D eigenvalue weighted by atomic mass is 32.3. The van der Waals surface area contributed by atoms with Gasteiger partial charge in [0.25, 0.3) is 0 Å². The second-order valence-corrected chi connectivity index (χ2v) is 3.62. The van der Waals surface area contributed by atoms with Crippen molar-refractivity contribution in [1.29, 1.82) is 0 Å². The second kappa shape index (κ2) is 1.66. The fourth-order valence-electron chi connectivity index (χ4n) is 0.178. The fourth-order valence-corrected chi connectivity index (χ4v) is 1.37. The zero-order valence-electron chi connectivity index (χ0n) is 2.73.